The van der Waals surface area contributed by atoms with Crippen molar-refractivity contribution >= 4 is 17.9 Å². The lowest BCUT2D eigenvalue weighted by atomic mass is 9.91. The predicted octanol–water partition coefficient (Wildman–Crippen LogP) is 0.814. The number of carboxylic acids is 1. The number of nitrogens with one attached hydrogen (secondary N) is 2. The molecule has 2 aliphatic rings. The number of piperidine rings is 1. The van der Waals surface area contributed by atoms with Crippen LogP contribution in [0.2, 0.25) is 0 Å². The van der Waals surface area contributed by atoms with Crippen molar-refractivity contribution in [1.29, 1.82) is 0 Å². The number of urea groups is 1. The number of amides is 3. The third-order valence-electron chi connectivity index (χ3n) is 4.72. The van der Waals surface area contributed by atoms with Crippen LogP contribution in [0.4, 0.5) is 4.79 Å². The molecule has 3 N–H and O–H groups in total. The highest BCUT2D eigenvalue weighted by Gasteiger charge is 2.40. The van der Waals surface area contributed by atoms with Crippen LogP contribution in [0.3, 0.4) is 0 Å². The second kappa shape index (κ2) is 8.51. The Labute approximate surface area is 148 Å². The van der Waals surface area contributed by atoms with Crippen molar-refractivity contribution in [3.63, 3.8) is 0 Å². The summed E-state index contributed by atoms with van der Waals surface area (Å²) in [4.78, 5) is 37.7. The maximum atomic E-state index is 12.7. The van der Waals surface area contributed by atoms with E-state index in [2.05, 4.69) is 10.6 Å². The lowest BCUT2D eigenvalue weighted by molar-refractivity contribution is -0.139. The van der Waals surface area contributed by atoms with Crippen molar-refractivity contribution in [2.75, 3.05) is 32.8 Å². The van der Waals surface area contributed by atoms with Crippen LogP contribution in [0.5, 0.6) is 0 Å². The van der Waals surface area contributed by atoms with Gasteiger partial charge in [-0.15, -0.1) is 0 Å². The van der Waals surface area contributed by atoms with E-state index in [1.54, 1.807) is 4.90 Å². The Morgan fingerprint density at radius 3 is 2.72 bits per heavy atom. The molecule has 0 spiro atoms. The monoisotopic (exact) mass is 355 g/mol. The molecule has 3 amide bonds. The van der Waals surface area contributed by atoms with Crippen LogP contribution in [0.25, 0.3) is 0 Å². The molecule has 2 atom stereocenters. The summed E-state index contributed by atoms with van der Waals surface area (Å²) < 4.78 is 5.31. The number of likely N-dealkylation sites (tertiary alicyclic amines) is 1. The Morgan fingerprint density at radius 1 is 1.36 bits per heavy atom. The fourth-order valence-corrected chi connectivity index (χ4v) is 3.32. The normalized spacial score (nSPS) is 26.5. The lowest BCUT2D eigenvalue weighted by Crippen LogP contribution is -2.55. The van der Waals surface area contributed by atoms with Gasteiger partial charge in [-0.3, -0.25) is 9.59 Å². The molecule has 0 bridgehead atoms. The lowest BCUT2D eigenvalue weighted by Gasteiger charge is -2.35. The summed E-state index contributed by atoms with van der Waals surface area (Å²) in [6, 6.07) is -0.143. The number of carbonyl (C=O) groups is 3. The molecule has 142 valence electrons. The minimum absolute atomic E-state index is 0.143. The van der Waals surface area contributed by atoms with E-state index in [4.69, 9.17) is 9.84 Å². The van der Waals surface area contributed by atoms with Crippen molar-refractivity contribution in [3.8, 4) is 0 Å². The van der Waals surface area contributed by atoms with Gasteiger partial charge in [-0.2, -0.15) is 0 Å². The molecule has 0 aromatic carbocycles. The van der Waals surface area contributed by atoms with E-state index in [0.29, 0.717) is 45.0 Å². The average Bonchev–Trinajstić information content (AvgIpc) is 2.99. The van der Waals surface area contributed by atoms with E-state index in [1.165, 1.54) is 0 Å². The van der Waals surface area contributed by atoms with E-state index in [1.807, 2.05) is 13.8 Å². The molecule has 2 unspecified atom stereocenters. The summed E-state index contributed by atoms with van der Waals surface area (Å²) in [5.74, 6) is -1.09. The molecule has 2 rings (SSSR count). The minimum Gasteiger partial charge on any atom is -0.481 e. The summed E-state index contributed by atoms with van der Waals surface area (Å²) in [6.45, 7) is 6.32. The number of carboxylic acid groups (broad SMARTS) is 1. The molecule has 0 saturated carbocycles. The van der Waals surface area contributed by atoms with Crippen LogP contribution in [0.15, 0.2) is 0 Å². The summed E-state index contributed by atoms with van der Waals surface area (Å²) in [5, 5.41) is 14.9. The van der Waals surface area contributed by atoms with Gasteiger partial charge >= 0.3 is 12.0 Å². The van der Waals surface area contributed by atoms with Crippen molar-refractivity contribution in [1.82, 2.24) is 15.5 Å². The predicted molar refractivity (Wildman–Crippen MR) is 91.1 cm³/mol. The Balaban J connectivity index is 1.92. The smallest absolute Gasteiger partial charge is 0.317 e. The molecule has 8 nitrogen and oxygen atoms in total. The molecular weight excluding hydrogens is 326 g/mol. The maximum Gasteiger partial charge on any atom is 0.317 e. The molecule has 0 radical (unpaired) electrons. The average molecular weight is 355 g/mol. The SMILES string of the molecule is CC(C)CNC(=O)N1CCCC(C(=O)NC2(CC(=O)O)CCOC2)C1. The molecule has 2 saturated heterocycles. The quantitative estimate of drug-likeness (QED) is 0.654. The first-order valence-corrected chi connectivity index (χ1v) is 8.96. The molecule has 0 aromatic heterocycles. The molecular formula is C17H29N3O5. The van der Waals surface area contributed by atoms with Gasteiger partial charge < -0.3 is 25.4 Å². The van der Waals surface area contributed by atoms with E-state index < -0.39 is 11.5 Å². The summed E-state index contributed by atoms with van der Waals surface area (Å²) >= 11 is 0. The number of carbonyl (C=O) groups excluding carboxylic acids is 2. The highest BCUT2D eigenvalue weighted by molar-refractivity contribution is 5.82. The number of hydrogen-bond acceptors (Lipinski definition) is 4. The van der Waals surface area contributed by atoms with E-state index >= 15 is 0 Å². The van der Waals surface area contributed by atoms with E-state index in [9.17, 15) is 14.4 Å². The first kappa shape index (κ1) is 19.5. The van der Waals surface area contributed by atoms with Gasteiger partial charge in [-0.1, -0.05) is 13.8 Å². The van der Waals surface area contributed by atoms with Crippen molar-refractivity contribution in [2.24, 2.45) is 11.8 Å². The fourth-order valence-electron chi connectivity index (χ4n) is 3.32. The van der Waals surface area contributed by atoms with Gasteiger partial charge in [0.2, 0.25) is 5.91 Å². The van der Waals surface area contributed by atoms with Gasteiger partial charge in [0.1, 0.15) is 0 Å². The molecule has 8 heteroatoms. The molecule has 2 fully saturated rings. The topological polar surface area (TPSA) is 108 Å². The summed E-state index contributed by atoms with van der Waals surface area (Å²) in [5.41, 5.74) is -0.828. The second-order valence-corrected chi connectivity index (χ2v) is 7.51. The van der Waals surface area contributed by atoms with Crippen molar-refractivity contribution < 1.29 is 24.2 Å². The van der Waals surface area contributed by atoms with Gasteiger partial charge in [0.25, 0.3) is 0 Å². The first-order valence-electron chi connectivity index (χ1n) is 8.96. The number of ether oxygens (including phenoxy) is 1. The van der Waals surface area contributed by atoms with Crippen molar-refractivity contribution in [3.05, 3.63) is 0 Å². The number of nitrogens with zero attached hydrogens (tertiary/aromatic N) is 1. The Bertz CT molecular complexity index is 503. The number of aliphatic carboxylic acids is 1. The largest absolute Gasteiger partial charge is 0.481 e. The highest BCUT2D eigenvalue weighted by atomic mass is 16.5. The van der Waals surface area contributed by atoms with Crippen LogP contribution < -0.4 is 10.6 Å². The van der Waals surface area contributed by atoms with Gasteiger partial charge in [0.05, 0.1) is 24.5 Å². The van der Waals surface area contributed by atoms with Crippen LogP contribution in [-0.4, -0.2) is 66.3 Å². The molecule has 25 heavy (non-hydrogen) atoms. The van der Waals surface area contributed by atoms with E-state index in [-0.39, 0.29) is 30.9 Å². The first-order chi connectivity index (χ1) is 11.8. The van der Waals surface area contributed by atoms with Crippen LogP contribution in [0, 0.1) is 11.8 Å². The highest BCUT2D eigenvalue weighted by Crippen LogP contribution is 2.25. The van der Waals surface area contributed by atoms with Gasteiger partial charge in [0.15, 0.2) is 0 Å². The number of hydrogen-bond donors (Lipinski definition) is 3. The Morgan fingerprint density at radius 2 is 2.12 bits per heavy atom. The zero-order valence-corrected chi connectivity index (χ0v) is 15.0. The molecule has 0 aliphatic carbocycles. The zero-order chi connectivity index (χ0) is 18.4. The van der Waals surface area contributed by atoms with Crippen molar-refractivity contribution in [2.45, 2.75) is 45.1 Å². The molecule has 0 aromatic rings. The Kier molecular flexibility index (Phi) is 6.64. The standard InChI is InChI=1S/C17H29N3O5/c1-12(2)9-18-16(24)20-6-3-4-13(10-20)15(23)19-17(8-14(21)22)5-7-25-11-17/h12-13H,3-11H2,1-2H3,(H,18,24)(H,19,23)(H,21,22). The van der Waals surface area contributed by atoms with Crippen LogP contribution in [-0.2, 0) is 14.3 Å². The van der Waals surface area contributed by atoms with Crippen LogP contribution in [0.1, 0.15) is 39.5 Å². The van der Waals surface area contributed by atoms with Gasteiger partial charge in [0, 0.05) is 26.2 Å². The third kappa shape index (κ3) is 5.59. The maximum absolute atomic E-state index is 12.7. The zero-order valence-electron chi connectivity index (χ0n) is 15.0. The Hall–Kier alpha value is -1.83. The van der Waals surface area contributed by atoms with Crippen LogP contribution >= 0.6 is 0 Å². The molecule has 2 heterocycles. The fraction of sp³-hybridized carbons (Fsp3) is 0.824. The summed E-state index contributed by atoms with van der Waals surface area (Å²) in [7, 11) is 0. The molecule has 2 aliphatic heterocycles. The van der Waals surface area contributed by atoms with Gasteiger partial charge in [-0.05, 0) is 25.2 Å². The minimum atomic E-state index is -0.955. The summed E-state index contributed by atoms with van der Waals surface area (Å²) in [6.07, 6.45) is 1.81. The number of rotatable bonds is 6. The third-order valence-corrected chi connectivity index (χ3v) is 4.72. The van der Waals surface area contributed by atoms with E-state index in [0.717, 1.165) is 6.42 Å². The van der Waals surface area contributed by atoms with Gasteiger partial charge in [-0.25, -0.2) is 4.79 Å². The second-order valence-electron chi connectivity index (χ2n) is 7.51.